The fourth-order valence-electron chi connectivity index (χ4n) is 1.51. The molecule has 1 aliphatic heterocycles. The first-order valence-corrected chi connectivity index (χ1v) is 4.24. The summed E-state index contributed by atoms with van der Waals surface area (Å²) in [5.74, 6) is 0.936. The van der Waals surface area contributed by atoms with Gasteiger partial charge in [-0.05, 0) is 36.6 Å². The van der Waals surface area contributed by atoms with Gasteiger partial charge in [-0.2, -0.15) is 0 Å². The maximum absolute atomic E-state index is 5.14. The Bertz CT molecular complexity index is 283. The minimum atomic E-state index is 0.936. The second-order valence-electron chi connectivity index (χ2n) is 2.98. The van der Waals surface area contributed by atoms with Gasteiger partial charge in [0.25, 0.3) is 0 Å². The van der Waals surface area contributed by atoms with Crippen LogP contribution in [0.4, 0.5) is 5.69 Å². The molecule has 12 heavy (non-hydrogen) atoms. The Hall–Kier alpha value is -1.18. The molecule has 2 heteroatoms. The van der Waals surface area contributed by atoms with E-state index in [9.17, 15) is 0 Å². The smallest absolute Gasteiger partial charge is 0.119 e. The molecule has 1 radical (unpaired) electrons. The second-order valence-corrected chi connectivity index (χ2v) is 2.98. The molecule has 0 unspecified atom stereocenters. The molecule has 0 amide bonds. The standard InChI is InChI=1S/C10H12NO/c1-12-9-4-5-10-8(7-9)3-2-6-11-10/h4-5,7H,2-3,6H2,1H3. The molecule has 2 rings (SSSR count). The topological polar surface area (TPSA) is 23.3 Å². The molecule has 2 nitrogen and oxygen atoms in total. The number of hydrogen-bond acceptors (Lipinski definition) is 1. The van der Waals surface area contributed by atoms with Crippen molar-refractivity contribution < 1.29 is 4.74 Å². The van der Waals surface area contributed by atoms with E-state index in [4.69, 9.17) is 4.74 Å². The Balaban J connectivity index is 2.36. The summed E-state index contributed by atoms with van der Waals surface area (Å²) in [7, 11) is 1.70. The molecule has 1 aromatic carbocycles. The summed E-state index contributed by atoms with van der Waals surface area (Å²) in [5.41, 5.74) is 2.46. The highest BCUT2D eigenvalue weighted by Crippen LogP contribution is 2.25. The van der Waals surface area contributed by atoms with Crippen LogP contribution in [0.15, 0.2) is 18.2 Å². The summed E-state index contributed by atoms with van der Waals surface area (Å²) in [5, 5.41) is 4.41. The minimum Gasteiger partial charge on any atom is -0.497 e. The first-order valence-electron chi connectivity index (χ1n) is 4.24. The van der Waals surface area contributed by atoms with Crippen molar-refractivity contribution in [3.8, 4) is 5.75 Å². The lowest BCUT2D eigenvalue weighted by Crippen LogP contribution is -2.10. The molecule has 0 N–H and O–H groups in total. The van der Waals surface area contributed by atoms with Gasteiger partial charge in [-0.25, -0.2) is 0 Å². The highest BCUT2D eigenvalue weighted by molar-refractivity contribution is 5.50. The summed E-state index contributed by atoms with van der Waals surface area (Å²) in [6.07, 6.45) is 2.30. The van der Waals surface area contributed by atoms with Crippen molar-refractivity contribution in [2.24, 2.45) is 0 Å². The number of methoxy groups -OCH3 is 1. The van der Waals surface area contributed by atoms with Gasteiger partial charge in [0, 0.05) is 6.54 Å². The number of nitrogens with zero attached hydrogens (tertiary/aromatic N) is 1. The van der Waals surface area contributed by atoms with Gasteiger partial charge in [0.05, 0.1) is 12.8 Å². The van der Waals surface area contributed by atoms with Crippen molar-refractivity contribution in [3.05, 3.63) is 23.8 Å². The predicted molar refractivity (Wildman–Crippen MR) is 48.0 cm³/mol. The summed E-state index contributed by atoms with van der Waals surface area (Å²) in [6.45, 7) is 0.972. The van der Waals surface area contributed by atoms with Crippen molar-refractivity contribution in [1.29, 1.82) is 0 Å². The molecule has 0 aromatic heterocycles. The average Bonchev–Trinajstić information content (AvgIpc) is 2.17. The van der Waals surface area contributed by atoms with Gasteiger partial charge in [0.1, 0.15) is 5.75 Å². The molecule has 1 aromatic rings. The van der Waals surface area contributed by atoms with E-state index < -0.39 is 0 Å². The van der Waals surface area contributed by atoms with E-state index in [1.54, 1.807) is 7.11 Å². The SMILES string of the molecule is COc1ccc2c(c1)CCC[N]2. The van der Waals surface area contributed by atoms with Crippen LogP contribution in [0.3, 0.4) is 0 Å². The van der Waals surface area contributed by atoms with Crippen LogP contribution in [0, 0.1) is 0 Å². The van der Waals surface area contributed by atoms with Gasteiger partial charge in [0.15, 0.2) is 0 Å². The van der Waals surface area contributed by atoms with Gasteiger partial charge < -0.3 is 4.74 Å². The van der Waals surface area contributed by atoms with E-state index >= 15 is 0 Å². The summed E-state index contributed by atoms with van der Waals surface area (Å²) in [4.78, 5) is 0. The zero-order valence-electron chi connectivity index (χ0n) is 7.21. The van der Waals surface area contributed by atoms with Crippen molar-refractivity contribution in [2.45, 2.75) is 12.8 Å². The summed E-state index contributed by atoms with van der Waals surface area (Å²) < 4.78 is 5.14. The van der Waals surface area contributed by atoms with E-state index in [0.717, 1.165) is 24.4 Å². The van der Waals surface area contributed by atoms with E-state index in [0.29, 0.717) is 0 Å². The van der Waals surface area contributed by atoms with Crippen LogP contribution in [0.2, 0.25) is 0 Å². The number of ether oxygens (including phenoxy) is 1. The number of benzene rings is 1. The normalized spacial score (nSPS) is 14.8. The van der Waals surface area contributed by atoms with Gasteiger partial charge in [0.2, 0.25) is 0 Å². The van der Waals surface area contributed by atoms with Crippen LogP contribution in [0.25, 0.3) is 0 Å². The quantitative estimate of drug-likeness (QED) is 0.618. The van der Waals surface area contributed by atoms with Gasteiger partial charge in [-0.3, -0.25) is 5.32 Å². The zero-order valence-corrected chi connectivity index (χ0v) is 7.21. The molecular formula is C10H12NO. The van der Waals surface area contributed by atoms with Crippen molar-refractivity contribution in [3.63, 3.8) is 0 Å². The first-order chi connectivity index (χ1) is 5.90. The highest BCUT2D eigenvalue weighted by atomic mass is 16.5. The molecule has 0 saturated carbocycles. The lowest BCUT2D eigenvalue weighted by atomic mass is 10.0. The van der Waals surface area contributed by atoms with E-state index in [1.807, 2.05) is 12.1 Å². The molecule has 0 bridgehead atoms. The maximum Gasteiger partial charge on any atom is 0.119 e. The lowest BCUT2D eigenvalue weighted by Gasteiger charge is -2.15. The van der Waals surface area contributed by atoms with Crippen molar-refractivity contribution >= 4 is 5.69 Å². The molecular weight excluding hydrogens is 150 g/mol. The number of rotatable bonds is 1. The summed E-state index contributed by atoms with van der Waals surface area (Å²) in [6, 6.07) is 6.08. The first kappa shape index (κ1) is 7.47. The lowest BCUT2D eigenvalue weighted by molar-refractivity contribution is 0.414. The zero-order chi connectivity index (χ0) is 8.39. The number of hydrogen-bond donors (Lipinski definition) is 0. The van der Waals surface area contributed by atoms with Gasteiger partial charge >= 0.3 is 0 Å². The van der Waals surface area contributed by atoms with E-state index in [-0.39, 0.29) is 0 Å². The molecule has 1 aliphatic rings. The molecule has 0 fully saturated rings. The maximum atomic E-state index is 5.14. The molecule has 0 saturated heterocycles. The van der Waals surface area contributed by atoms with E-state index in [1.165, 1.54) is 12.0 Å². The van der Waals surface area contributed by atoms with E-state index in [2.05, 4.69) is 11.4 Å². The largest absolute Gasteiger partial charge is 0.497 e. The van der Waals surface area contributed by atoms with Crippen LogP contribution in [-0.2, 0) is 6.42 Å². The van der Waals surface area contributed by atoms with Crippen LogP contribution in [-0.4, -0.2) is 13.7 Å². The third kappa shape index (κ3) is 1.24. The fraction of sp³-hybridized carbons (Fsp3) is 0.400. The Labute approximate surface area is 72.5 Å². The molecule has 0 spiro atoms. The third-order valence-electron chi connectivity index (χ3n) is 2.17. The van der Waals surface area contributed by atoms with Crippen LogP contribution >= 0.6 is 0 Å². The fourth-order valence-corrected chi connectivity index (χ4v) is 1.51. The Morgan fingerprint density at radius 3 is 3.17 bits per heavy atom. The number of aryl methyl sites for hydroxylation is 1. The Morgan fingerprint density at radius 1 is 1.42 bits per heavy atom. The predicted octanol–water partition coefficient (Wildman–Crippen LogP) is 1.88. The van der Waals surface area contributed by atoms with Gasteiger partial charge in [-0.15, -0.1) is 0 Å². The molecule has 0 aliphatic carbocycles. The van der Waals surface area contributed by atoms with Crippen LogP contribution in [0.5, 0.6) is 5.75 Å². The van der Waals surface area contributed by atoms with Crippen molar-refractivity contribution in [2.75, 3.05) is 13.7 Å². The minimum absolute atomic E-state index is 0.936. The van der Waals surface area contributed by atoms with Gasteiger partial charge in [-0.1, -0.05) is 0 Å². The Kier molecular flexibility index (Phi) is 1.90. The monoisotopic (exact) mass is 162 g/mol. The second kappa shape index (κ2) is 3.05. The molecule has 0 atom stereocenters. The van der Waals surface area contributed by atoms with Crippen molar-refractivity contribution in [1.82, 2.24) is 5.32 Å². The Morgan fingerprint density at radius 2 is 2.33 bits per heavy atom. The summed E-state index contributed by atoms with van der Waals surface area (Å²) >= 11 is 0. The highest BCUT2D eigenvalue weighted by Gasteiger charge is 2.09. The van der Waals surface area contributed by atoms with Crippen LogP contribution < -0.4 is 10.1 Å². The number of fused-ring (bicyclic) bond motifs is 1. The molecule has 63 valence electrons. The van der Waals surface area contributed by atoms with Crippen LogP contribution in [0.1, 0.15) is 12.0 Å². The average molecular weight is 162 g/mol. The molecule has 1 heterocycles. The third-order valence-corrected chi connectivity index (χ3v) is 2.17.